The molecule has 30 heavy (non-hydrogen) atoms. The maximum atomic E-state index is 13.4. The van der Waals surface area contributed by atoms with Crippen LogP contribution in [-0.2, 0) is 16.2 Å². The molecule has 0 saturated carbocycles. The van der Waals surface area contributed by atoms with Gasteiger partial charge in [0.2, 0.25) is 16.8 Å². The fourth-order valence-electron chi connectivity index (χ4n) is 3.34. The predicted molar refractivity (Wildman–Crippen MR) is 105 cm³/mol. The number of primary sulfonamides is 1. The summed E-state index contributed by atoms with van der Waals surface area (Å²) in [5, 5.41) is 5.14. The van der Waals surface area contributed by atoms with E-state index in [0.717, 1.165) is 6.07 Å². The summed E-state index contributed by atoms with van der Waals surface area (Å²) in [6.45, 7) is 1.41. The predicted octanol–water partition coefficient (Wildman–Crippen LogP) is 4.72. The second-order valence-electron chi connectivity index (χ2n) is 6.85. The number of hydrogen-bond donors (Lipinski definition) is 1. The highest BCUT2D eigenvalue weighted by atomic mass is 32.2. The van der Waals surface area contributed by atoms with Gasteiger partial charge in [0.1, 0.15) is 0 Å². The van der Waals surface area contributed by atoms with Gasteiger partial charge in [0.25, 0.3) is 0 Å². The quantitative estimate of drug-likeness (QED) is 0.646. The molecule has 0 saturated heterocycles. The highest BCUT2D eigenvalue weighted by molar-refractivity contribution is 7.89. The lowest BCUT2D eigenvalue weighted by Crippen LogP contribution is -2.11. The Morgan fingerprint density at radius 3 is 1.93 bits per heavy atom. The molecule has 4 rings (SSSR count). The molecule has 3 aromatic rings. The van der Waals surface area contributed by atoms with E-state index in [4.69, 9.17) is 14.6 Å². The van der Waals surface area contributed by atoms with Gasteiger partial charge in [-0.05, 0) is 65.1 Å². The van der Waals surface area contributed by atoms with Crippen molar-refractivity contribution in [1.29, 1.82) is 0 Å². The highest BCUT2D eigenvalue weighted by Crippen LogP contribution is 2.44. The summed E-state index contributed by atoms with van der Waals surface area (Å²) in [6, 6.07) is 13.2. The molecule has 0 aromatic heterocycles. The summed E-state index contributed by atoms with van der Waals surface area (Å²) in [6.07, 6.45) is -4.49. The molecule has 0 amide bonds. The minimum Gasteiger partial charge on any atom is -0.454 e. The van der Waals surface area contributed by atoms with Gasteiger partial charge in [-0.15, -0.1) is 0 Å². The number of hydrogen-bond acceptors (Lipinski definition) is 4. The number of benzene rings is 3. The second-order valence-corrected chi connectivity index (χ2v) is 8.41. The van der Waals surface area contributed by atoms with E-state index in [1.165, 1.54) is 25.1 Å². The first-order chi connectivity index (χ1) is 14.0. The number of nitrogens with two attached hydrogens (primary N) is 1. The van der Waals surface area contributed by atoms with Crippen LogP contribution in [0, 0.1) is 6.92 Å². The van der Waals surface area contributed by atoms with Gasteiger partial charge in [0.05, 0.1) is 10.5 Å². The Morgan fingerprint density at radius 1 is 0.867 bits per heavy atom. The van der Waals surface area contributed by atoms with Crippen molar-refractivity contribution in [1.82, 2.24) is 0 Å². The van der Waals surface area contributed by atoms with Crippen molar-refractivity contribution in [2.45, 2.75) is 18.0 Å². The molecule has 1 aliphatic rings. The Hall–Kier alpha value is -3.04. The fourth-order valence-corrected chi connectivity index (χ4v) is 3.85. The molecular weight excluding hydrogens is 419 g/mol. The third-order valence-electron chi connectivity index (χ3n) is 4.86. The van der Waals surface area contributed by atoms with Gasteiger partial charge in [0, 0.05) is 0 Å². The van der Waals surface area contributed by atoms with Gasteiger partial charge in [-0.25, -0.2) is 13.6 Å². The smallest absolute Gasteiger partial charge is 0.416 e. The third-order valence-corrected chi connectivity index (χ3v) is 5.79. The summed E-state index contributed by atoms with van der Waals surface area (Å²) >= 11 is 0. The lowest BCUT2D eigenvalue weighted by Gasteiger charge is -2.16. The summed E-state index contributed by atoms with van der Waals surface area (Å²) in [4.78, 5) is -0.0664. The van der Waals surface area contributed by atoms with E-state index in [0.29, 0.717) is 33.8 Å². The average molecular weight is 435 g/mol. The van der Waals surface area contributed by atoms with E-state index < -0.39 is 21.8 Å². The first-order valence-corrected chi connectivity index (χ1v) is 10.3. The van der Waals surface area contributed by atoms with Crippen molar-refractivity contribution in [2.75, 3.05) is 6.79 Å². The highest BCUT2D eigenvalue weighted by Gasteiger charge is 2.33. The zero-order valence-electron chi connectivity index (χ0n) is 15.7. The Morgan fingerprint density at radius 2 is 1.40 bits per heavy atom. The van der Waals surface area contributed by atoms with E-state index in [9.17, 15) is 21.6 Å². The van der Waals surface area contributed by atoms with E-state index in [2.05, 4.69) is 0 Å². The SMILES string of the molecule is Cc1ccc(-c2cc3c(cc2-c2ccc(S(N)(=O)=O)cc2)OCO3)cc1C(F)(F)F. The number of ether oxygens (including phenoxy) is 2. The molecule has 1 heterocycles. The maximum Gasteiger partial charge on any atom is 0.416 e. The Kier molecular flexibility index (Phi) is 4.74. The molecule has 0 bridgehead atoms. The summed E-state index contributed by atoms with van der Waals surface area (Å²) in [7, 11) is -3.87. The maximum absolute atomic E-state index is 13.4. The van der Waals surface area contributed by atoms with Crippen LogP contribution in [0.3, 0.4) is 0 Å². The number of rotatable bonds is 3. The van der Waals surface area contributed by atoms with Crippen molar-refractivity contribution < 1.29 is 31.1 Å². The summed E-state index contributed by atoms with van der Waals surface area (Å²) < 4.78 is 74.1. The van der Waals surface area contributed by atoms with Crippen LogP contribution >= 0.6 is 0 Å². The first-order valence-electron chi connectivity index (χ1n) is 8.79. The number of aryl methyl sites for hydroxylation is 1. The van der Waals surface area contributed by atoms with Crippen LogP contribution in [0.2, 0.25) is 0 Å². The van der Waals surface area contributed by atoms with Gasteiger partial charge >= 0.3 is 6.18 Å². The molecule has 3 aromatic carbocycles. The molecule has 9 heteroatoms. The lowest BCUT2D eigenvalue weighted by molar-refractivity contribution is -0.138. The number of halogens is 3. The molecule has 1 aliphatic heterocycles. The Bertz CT molecular complexity index is 1240. The fraction of sp³-hybridized carbons (Fsp3) is 0.143. The van der Waals surface area contributed by atoms with Crippen molar-refractivity contribution in [2.24, 2.45) is 5.14 Å². The lowest BCUT2D eigenvalue weighted by atomic mass is 9.92. The van der Waals surface area contributed by atoms with Gasteiger partial charge in [-0.3, -0.25) is 0 Å². The van der Waals surface area contributed by atoms with Crippen molar-refractivity contribution in [3.63, 3.8) is 0 Å². The summed E-state index contributed by atoms with van der Waals surface area (Å²) in [5.74, 6) is 0.872. The molecule has 0 unspecified atom stereocenters. The minimum atomic E-state index is -4.49. The average Bonchev–Trinajstić information content (AvgIpc) is 3.13. The molecule has 2 N–H and O–H groups in total. The van der Waals surface area contributed by atoms with E-state index >= 15 is 0 Å². The van der Waals surface area contributed by atoms with E-state index in [1.54, 1.807) is 30.3 Å². The van der Waals surface area contributed by atoms with Crippen LogP contribution in [0.4, 0.5) is 13.2 Å². The van der Waals surface area contributed by atoms with Crippen molar-refractivity contribution >= 4 is 10.0 Å². The second kappa shape index (κ2) is 7.03. The van der Waals surface area contributed by atoms with Crippen LogP contribution in [0.15, 0.2) is 59.5 Å². The Balaban J connectivity index is 1.91. The zero-order chi connectivity index (χ0) is 21.7. The number of sulfonamides is 1. The van der Waals surface area contributed by atoms with Crippen molar-refractivity contribution in [3.8, 4) is 33.8 Å². The van der Waals surface area contributed by atoms with Crippen LogP contribution in [-0.4, -0.2) is 15.2 Å². The minimum absolute atomic E-state index is 0.00425. The van der Waals surface area contributed by atoms with Gasteiger partial charge < -0.3 is 9.47 Å². The first kappa shape index (κ1) is 20.2. The van der Waals surface area contributed by atoms with E-state index in [-0.39, 0.29) is 17.3 Å². The third kappa shape index (κ3) is 3.73. The van der Waals surface area contributed by atoms with Crippen LogP contribution in [0.25, 0.3) is 22.3 Å². The molecule has 0 fully saturated rings. The molecule has 5 nitrogen and oxygen atoms in total. The molecule has 0 atom stereocenters. The van der Waals surface area contributed by atoms with Gasteiger partial charge in [0.15, 0.2) is 11.5 Å². The molecule has 0 radical (unpaired) electrons. The summed E-state index contributed by atoms with van der Waals surface area (Å²) in [5.41, 5.74) is 1.38. The van der Waals surface area contributed by atoms with Gasteiger partial charge in [-0.2, -0.15) is 13.2 Å². The number of alkyl halides is 3. The standard InChI is InChI=1S/C21H16F3NO4S/c1-12-2-3-14(8-18(12)21(22,23)24)17-10-20-19(28-11-29-20)9-16(17)13-4-6-15(7-5-13)30(25,26)27/h2-10H,11H2,1H3,(H2,25,26,27). The van der Waals surface area contributed by atoms with Crippen LogP contribution in [0.1, 0.15) is 11.1 Å². The van der Waals surface area contributed by atoms with Gasteiger partial charge in [-0.1, -0.05) is 24.3 Å². The van der Waals surface area contributed by atoms with Crippen LogP contribution in [0.5, 0.6) is 11.5 Å². The van der Waals surface area contributed by atoms with Crippen LogP contribution < -0.4 is 14.6 Å². The normalized spacial score (nSPS) is 13.5. The zero-order valence-corrected chi connectivity index (χ0v) is 16.5. The van der Waals surface area contributed by atoms with E-state index in [1.807, 2.05) is 0 Å². The topological polar surface area (TPSA) is 78.6 Å². The molecule has 156 valence electrons. The molecule has 0 aliphatic carbocycles. The molecular formula is C21H16F3NO4S. The monoisotopic (exact) mass is 435 g/mol. The Labute approximate surface area is 170 Å². The number of fused-ring (bicyclic) bond motifs is 1. The van der Waals surface area contributed by atoms with Crippen molar-refractivity contribution in [3.05, 3.63) is 65.7 Å². The largest absolute Gasteiger partial charge is 0.454 e. The molecule has 0 spiro atoms.